The number of nitrogens with zero attached hydrogens (tertiary/aromatic N) is 1. The molecule has 2 heterocycles. The van der Waals surface area contributed by atoms with Gasteiger partial charge in [-0.15, -0.1) is 0 Å². The molecule has 3 nitrogen and oxygen atoms in total. The lowest BCUT2D eigenvalue weighted by Crippen LogP contribution is -2.48. The van der Waals surface area contributed by atoms with Gasteiger partial charge in [-0.05, 0) is 81.2 Å². The SMILES string of the molecule is c1ccc(C2(CCNC3CCc4ccccc4C3)CCOC3(CCCC3)C2)nc1. The molecule has 0 bridgehead atoms. The van der Waals surface area contributed by atoms with E-state index < -0.39 is 0 Å². The summed E-state index contributed by atoms with van der Waals surface area (Å²) in [6.07, 6.45) is 14.1. The molecule has 1 aromatic carbocycles. The van der Waals surface area contributed by atoms with Gasteiger partial charge in [-0.1, -0.05) is 43.2 Å². The Balaban J connectivity index is 1.28. The van der Waals surface area contributed by atoms with Crippen LogP contribution >= 0.6 is 0 Å². The van der Waals surface area contributed by atoms with Crippen molar-refractivity contribution >= 4 is 0 Å². The molecule has 2 fully saturated rings. The van der Waals surface area contributed by atoms with E-state index in [1.807, 2.05) is 12.3 Å². The molecule has 2 aliphatic carbocycles. The molecule has 29 heavy (non-hydrogen) atoms. The van der Waals surface area contributed by atoms with E-state index in [0.717, 1.165) is 32.4 Å². The van der Waals surface area contributed by atoms with Crippen LogP contribution in [0.15, 0.2) is 48.7 Å². The zero-order chi connectivity index (χ0) is 19.6. The lowest BCUT2D eigenvalue weighted by atomic mass is 9.68. The van der Waals surface area contributed by atoms with Crippen LogP contribution in [0.1, 0.15) is 68.2 Å². The van der Waals surface area contributed by atoms with Crippen LogP contribution in [-0.2, 0) is 23.0 Å². The normalized spacial score (nSPS) is 28.3. The van der Waals surface area contributed by atoms with E-state index >= 15 is 0 Å². The molecule has 1 spiro atoms. The van der Waals surface area contributed by atoms with Crippen LogP contribution < -0.4 is 5.32 Å². The first-order valence-corrected chi connectivity index (χ1v) is 11.6. The van der Waals surface area contributed by atoms with Crippen molar-refractivity contribution in [2.45, 2.75) is 81.3 Å². The highest BCUT2D eigenvalue weighted by Crippen LogP contribution is 2.49. The van der Waals surface area contributed by atoms with Gasteiger partial charge in [0.05, 0.1) is 5.60 Å². The summed E-state index contributed by atoms with van der Waals surface area (Å²) >= 11 is 0. The summed E-state index contributed by atoms with van der Waals surface area (Å²) in [5, 5.41) is 3.91. The third-order valence-corrected chi connectivity index (χ3v) is 7.76. The van der Waals surface area contributed by atoms with Crippen LogP contribution in [0.5, 0.6) is 0 Å². The molecule has 1 N–H and O–H groups in total. The van der Waals surface area contributed by atoms with Crippen molar-refractivity contribution in [1.82, 2.24) is 10.3 Å². The van der Waals surface area contributed by atoms with Crippen LogP contribution in [0.25, 0.3) is 0 Å². The smallest absolute Gasteiger partial charge is 0.0691 e. The molecule has 1 saturated heterocycles. The zero-order valence-corrected chi connectivity index (χ0v) is 17.5. The Labute approximate surface area is 175 Å². The van der Waals surface area contributed by atoms with E-state index in [1.54, 1.807) is 5.56 Å². The molecule has 1 aromatic heterocycles. The number of rotatable bonds is 5. The van der Waals surface area contributed by atoms with Gasteiger partial charge in [-0.3, -0.25) is 4.98 Å². The van der Waals surface area contributed by atoms with Crippen molar-refractivity contribution < 1.29 is 4.74 Å². The Hall–Kier alpha value is -1.71. The number of hydrogen-bond acceptors (Lipinski definition) is 3. The van der Waals surface area contributed by atoms with E-state index in [2.05, 4.69) is 41.7 Å². The number of benzene rings is 1. The molecule has 3 heteroatoms. The first-order chi connectivity index (χ1) is 14.3. The van der Waals surface area contributed by atoms with Gasteiger partial charge in [0.25, 0.3) is 0 Å². The van der Waals surface area contributed by atoms with E-state index in [0.29, 0.717) is 6.04 Å². The van der Waals surface area contributed by atoms with Gasteiger partial charge < -0.3 is 10.1 Å². The molecular formula is C26H34N2O. The van der Waals surface area contributed by atoms with Crippen LogP contribution in [0.3, 0.4) is 0 Å². The molecule has 0 amide bonds. The van der Waals surface area contributed by atoms with Crippen molar-refractivity contribution in [2.24, 2.45) is 0 Å². The Morgan fingerprint density at radius 1 is 1.00 bits per heavy atom. The average Bonchev–Trinajstić information content (AvgIpc) is 3.21. The predicted molar refractivity (Wildman–Crippen MR) is 117 cm³/mol. The Morgan fingerprint density at radius 3 is 2.66 bits per heavy atom. The maximum Gasteiger partial charge on any atom is 0.0691 e. The fourth-order valence-corrected chi connectivity index (χ4v) is 6.18. The second kappa shape index (κ2) is 8.20. The van der Waals surface area contributed by atoms with Gasteiger partial charge in [0, 0.05) is 30.0 Å². The molecule has 1 aliphatic heterocycles. The Bertz CT molecular complexity index is 814. The second-order valence-electron chi connectivity index (χ2n) is 9.57. The number of nitrogens with one attached hydrogen (secondary N) is 1. The van der Waals surface area contributed by atoms with Crippen molar-refractivity contribution in [2.75, 3.05) is 13.2 Å². The number of hydrogen-bond donors (Lipinski definition) is 1. The summed E-state index contributed by atoms with van der Waals surface area (Å²) in [5.41, 5.74) is 4.63. The molecule has 2 atom stereocenters. The minimum atomic E-state index is 0.111. The van der Waals surface area contributed by atoms with Crippen LogP contribution in [0.4, 0.5) is 0 Å². The maximum atomic E-state index is 6.39. The first kappa shape index (κ1) is 19.3. The predicted octanol–water partition coefficient (Wildman–Crippen LogP) is 4.98. The van der Waals surface area contributed by atoms with Gasteiger partial charge in [0.15, 0.2) is 0 Å². The largest absolute Gasteiger partial charge is 0.375 e. The van der Waals surface area contributed by atoms with Gasteiger partial charge in [0.2, 0.25) is 0 Å². The highest BCUT2D eigenvalue weighted by Gasteiger charge is 2.48. The van der Waals surface area contributed by atoms with E-state index in [1.165, 1.54) is 56.2 Å². The summed E-state index contributed by atoms with van der Waals surface area (Å²) < 4.78 is 6.39. The maximum absolute atomic E-state index is 6.39. The van der Waals surface area contributed by atoms with Crippen molar-refractivity contribution in [1.29, 1.82) is 0 Å². The van der Waals surface area contributed by atoms with Gasteiger partial charge in [0.1, 0.15) is 0 Å². The number of aromatic nitrogens is 1. The molecule has 5 rings (SSSR count). The Kier molecular flexibility index (Phi) is 5.45. The molecular weight excluding hydrogens is 356 g/mol. The van der Waals surface area contributed by atoms with Crippen LogP contribution in [0, 0.1) is 0 Å². The summed E-state index contributed by atoms with van der Waals surface area (Å²) in [7, 11) is 0. The fraction of sp³-hybridized carbons (Fsp3) is 0.577. The molecule has 1 saturated carbocycles. The van der Waals surface area contributed by atoms with Crippen LogP contribution in [0.2, 0.25) is 0 Å². The lowest BCUT2D eigenvalue weighted by molar-refractivity contribution is -0.104. The number of ether oxygens (including phenoxy) is 1. The molecule has 2 aromatic rings. The summed E-state index contributed by atoms with van der Waals surface area (Å²) in [4.78, 5) is 4.84. The summed E-state index contributed by atoms with van der Waals surface area (Å²) in [6.45, 7) is 1.95. The van der Waals surface area contributed by atoms with Crippen molar-refractivity contribution in [3.63, 3.8) is 0 Å². The highest BCUT2D eigenvalue weighted by molar-refractivity contribution is 5.30. The van der Waals surface area contributed by atoms with E-state index in [-0.39, 0.29) is 11.0 Å². The monoisotopic (exact) mass is 390 g/mol. The fourth-order valence-electron chi connectivity index (χ4n) is 6.18. The van der Waals surface area contributed by atoms with Gasteiger partial charge in [-0.25, -0.2) is 0 Å². The lowest BCUT2D eigenvalue weighted by Gasteiger charge is -2.46. The topological polar surface area (TPSA) is 34.1 Å². The van der Waals surface area contributed by atoms with Crippen LogP contribution in [-0.4, -0.2) is 29.8 Å². The number of aryl methyl sites for hydroxylation is 1. The third-order valence-electron chi connectivity index (χ3n) is 7.76. The minimum absolute atomic E-state index is 0.111. The van der Waals surface area contributed by atoms with E-state index in [4.69, 9.17) is 9.72 Å². The summed E-state index contributed by atoms with van der Waals surface area (Å²) in [6, 6.07) is 16.0. The standard InChI is InChI=1S/C26H34N2O/c1-2-8-22-19-23(11-10-21(22)7-1)27-17-14-25(24-9-3-6-16-28-24)15-18-29-26(20-25)12-4-5-13-26/h1-3,6-9,16,23,27H,4-5,10-15,17-20H2. The molecule has 3 aliphatic rings. The quantitative estimate of drug-likeness (QED) is 0.782. The number of fused-ring (bicyclic) bond motifs is 1. The first-order valence-electron chi connectivity index (χ1n) is 11.6. The third kappa shape index (κ3) is 4.00. The molecule has 154 valence electrons. The van der Waals surface area contributed by atoms with Gasteiger partial charge in [-0.2, -0.15) is 0 Å². The number of pyridine rings is 1. The van der Waals surface area contributed by atoms with Crippen molar-refractivity contribution in [3.05, 3.63) is 65.5 Å². The zero-order valence-electron chi connectivity index (χ0n) is 17.5. The van der Waals surface area contributed by atoms with Gasteiger partial charge >= 0.3 is 0 Å². The summed E-state index contributed by atoms with van der Waals surface area (Å²) in [5.74, 6) is 0. The second-order valence-corrected chi connectivity index (χ2v) is 9.57. The van der Waals surface area contributed by atoms with Crippen molar-refractivity contribution in [3.8, 4) is 0 Å². The highest BCUT2D eigenvalue weighted by atomic mass is 16.5. The average molecular weight is 391 g/mol. The van der Waals surface area contributed by atoms with E-state index in [9.17, 15) is 0 Å². The molecule has 2 unspecified atom stereocenters. The molecule has 0 radical (unpaired) electrons. The Morgan fingerprint density at radius 2 is 1.83 bits per heavy atom. The minimum Gasteiger partial charge on any atom is -0.375 e.